The van der Waals surface area contributed by atoms with Crippen molar-refractivity contribution in [2.75, 3.05) is 17.3 Å². The maximum atomic E-state index is 13.3. The highest BCUT2D eigenvalue weighted by atomic mass is 32.3. The monoisotopic (exact) mass is 542 g/mol. The Labute approximate surface area is 218 Å². The number of amides is 2. The fourth-order valence-corrected chi connectivity index (χ4v) is 7.49. The fraction of sp³-hybridized carbons (Fsp3) is 0.250. The molecule has 0 radical (unpaired) electrons. The summed E-state index contributed by atoms with van der Waals surface area (Å²) in [6.45, 7) is 5.24. The van der Waals surface area contributed by atoms with Crippen molar-refractivity contribution in [3.8, 4) is 11.8 Å². The average molecular weight is 543 g/mol. The third-order valence-corrected chi connectivity index (χ3v) is 9.63. The first-order chi connectivity index (χ1) is 17.0. The summed E-state index contributed by atoms with van der Waals surface area (Å²) in [5, 5.41) is 12.1. The molecule has 2 aliphatic heterocycles. The number of fused-ring (bicyclic) bond motifs is 1. The van der Waals surface area contributed by atoms with E-state index in [9.17, 15) is 23.3 Å². The van der Waals surface area contributed by atoms with Gasteiger partial charge in [0.15, 0.2) is 5.11 Å². The average Bonchev–Trinajstić information content (AvgIpc) is 3.36. The van der Waals surface area contributed by atoms with E-state index in [0.717, 1.165) is 9.81 Å². The van der Waals surface area contributed by atoms with Crippen LogP contribution in [0, 0.1) is 25.2 Å². The van der Waals surface area contributed by atoms with Crippen LogP contribution < -0.4 is 19.7 Å². The number of nitriles is 1. The number of ether oxygens (including phenoxy) is 1. The molecule has 36 heavy (non-hydrogen) atoms. The summed E-state index contributed by atoms with van der Waals surface area (Å²) >= 11 is 6.52. The van der Waals surface area contributed by atoms with Gasteiger partial charge in [-0.3, -0.25) is 14.3 Å². The minimum absolute atomic E-state index is 0.0649. The molecule has 0 aliphatic carbocycles. The van der Waals surface area contributed by atoms with Crippen LogP contribution in [-0.4, -0.2) is 37.0 Å². The number of nitrogens with one attached hydrogen (secondary N) is 2. The number of carbonyl (C=O) groups excluding carboxylic acids is 2. The summed E-state index contributed by atoms with van der Waals surface area (Å²) < 4.78 is 32.7. The number of hydrogen-bond acceptors (Lipinski definition) is 8. The van der Waals surface area contributed by atoms with Gasteiger partial charge < -0.3 is 10.1 Å². The van der Waals surface area contributed by atoms with Gasteiger partial charge in [-0.1, -0.05) is 12.1 Å². The second-order valence-electron chi connectivity index (χ2n) is 8.23. The summed E-state index contributed by atoms with van der Waals surface area (Å²) in [7, 11) is -2.32. The van der Waals surface area contributed by atoms with E-state index in [1.165, 1.54) is 31.0 Å². The summed E-state index contributed by atoms with van der Waals surface area (Å²) in [4.78, 5) is 28.4. The Morgan fingerprint density at radius 1 is 1.25 bits per heavy atom. The molecule has 1 unspecified atom stereocenters. The Kier molecular flexibility index (Phi) is 6.83. The number of aryl methyl sites for hydroxylation is 1. The van der Waals surface area contributed by atoms with Gasteiger partial charge in [-0.05, 0) is 68.1 Å². The lowest BCUT2D eigenvalue weighted by Crippen LogP contribution is -2.39. The normalized spacial score (nSPS) is 16.9. The van der Waals surface area contributed by atoms with Gasteiger partial charge in [0.25, 0.3) is 11.8 Å². The number of anilines is 2. The van der Waals surface area contributed by atoms with E-state index in [1.807, 2.05) is 19.1 Å². The molecule has 2 aliphatic rings. The topological polar surface area (TPSA) is 129 Å². The Morgan fingerprint density at radius 3 is 2.58 bits per heavy atom. The molecule has 186 valence electrons. The van der Waals surface area contributed by atoms with Gasteiger partial charge in [0.2, 0.25) is 10.0 Å². The lowest BCUT2D eigenvalue weighted by atomic mass is 10.0. The number of rotatable bonds is 5. The number of nitrogens with zero attached hydrogens (tertiary/aromatic N) is 2. The van der Waals surface area contributed by atoms with Crippen molar-refractivity contribution >= 4 is 62.3 Å². The van der Waals surface area contributed by atoms with E-state index >= 15 is 0 Å². The molecule has 0 spiro atoms. The molecule has 9 nitrogen and oxygen atoms in total. The van der Waals surface area contributed by atoms with E-state index in [4.69, 9.17) is 17.0 Å². The van der Waals surface area contributed by atoms with Crippen LogP contribution in [0.1, 0.15) is 50.8 Å². The van der Waals surface area contributed by atoms with Crippen LogP contribution in [0.4, 0.5) is 11.4 Å². The standard InChI is InChI=1S/C24H22N4O5S3/c1-12-10-17(26-24(34)27-36(31,32)18-9-8-13(2)35-18)21(33-4)14(3)20(12)28-22(29)16-7-5-6-15(11-25)19(16)23(28)30/h5-8,10,18H,9H2,1-4H3,(H2,26,27,34). The maximum absolute atomic E-state index is 13.3. The fourth-order valence-electron chi connectivity index (χ4n) is 4.34. The zero-order valence-corrected chi connectivity index (χ0v) is 22.3. The Morgan fingerprint density at radius 2 is 1.97 bits per heavy atom. The number of thioether (sulfide) groups is 1. The molecule has 2 heterocycles. The third-order valence-electron chi connectivity index (χ3n) is 5.88. The minimum Gasteiger partial charge on any atom is -0.494 e. The second-order valence-corrected chi connectivity index (χ2v) is 12.3. The van der Waals surface area contributed by atoms with Crippen molar-refractivity contribution in [1.29, 1.82) is 5.26 Å². The molecule has 0 saturated carbocycles. The Hall–Kier alpha value is -3.40. The number of sulfonamides is 1. The highest BCUT2D eigenvalue weighted by Gasteiger charge is 2.40. The summed E-state index contributed by atoms with van der Waals surface area (Å²) in [5.74, 6) is -0.855. The second kappa shape index (κ2) is 9.57. The van der Waals surface area contributed by atoms with Crippen molar-refractivity contribution in [2.24, 2.45) is 0 Å². The van der Waals surface area contributed by atoms with Crippen LogP contribution in [0.2, 0.25) is 0 Å². The van der Waals surface area contributed by atoms with Crippen LogP contribution in [-0.2, 0) is 10.0 Å². The molecule has 0 fully saturated rings. The van der Waals surface area contributed by atoms with Crippen molar-refractivity contribution in [3.05, 3.63) is 63.1 Å². The third kappa shape index (κ3) is 4.34. The summed E-state index contributed by atoms with van der Waals surface area (Å²) in [6, 6.07) is 8.14. The molecule has 2 amide bonds. The molecule has 12 heteroatoms. The summed E-state index contributed by atoms with van der Waals surface area (Å²) in [6.07, 6.45) is 2.25. The highest BCUT2D eigenvalue weighted by molar-refractivity contribution is 8.15. The molecule has 4 rings (SSSR count). The quantitative estimate of drug-likeness (QED) is 0.426. The molecule has 2 N–H and O–H groups in total. The van der Waals surface area contributed by atoms with Gasteiger partial charge in [0.05, 0.1) is 41.2 Å². The number of methoxy groups -OCH3 is 1. The van der Waals surface area contributed by atoms with E-state index in [1.54, 1.807) is 26.0 Å². The lowest BCUT2D eigenvalue weighted by molar-refractivity contribution is 0.0925. The molecule has 2 aromatic rings. The molecule has 2 aromatic carbocycles. The van der Waals surface area contributed by atoms with Gasteiger partial charge in [0.1, 0.15) is 10.3 Å². The van der Waals surface area contributed by atoms with Crippen LogP contribution in [0.5, 0.6) is 5.75 Å². The predicted octanol–water partition coefficient (Wildman–Crippen LogP) is 3.97. The van der Waals surface area contributed by atoms with Crippen molar-refractivity contribution in [1.82, 2.24) is 4.72 Å². The van der Waals surface area contributed by atoms with Crippen LogP contribution >= 0.6 is 24.0 Å². The molecular formula is C24H22N4O5S3. The van der Waals surface area contributed by atoms with E-state index in [2.05, 4.69) is 10.0 Å². The van der Waals surface area contributed by atoms with Gasteiger partial charge in [-0.15, -0.1) is 11.8 Å². The van der Waals surface area contributed by atoms with Crippen molar-refractivity contribution in [3.63, 3.8) is 0 Å². The lowest BCUT2D eigenvalue weighted by Gasteiger charge is -2.24. The van der Waals surface area contributed by atoms with Crippen molar-refractivity contribution < 1.29 is 22.7 Å². The van der Waals surface area contributed by atoms with E-state index in [0.29, 0.717) is 28.9 Å². The van der Waals surface area contributed by atoms with Crippen molar-refractivity contribution in [2.45, 2.75) is 31.8 Å². The number of thiocarbonyl (C=S) groups is 1. The molecular weight excluding hydrogens is 520 g/mol. The first-order valence-electron chi connectivity index (χ1n) is 10.8. The molecule has 0 aromatic heterocycles. The van der Waals surface area contributed by atoms with E-state index in [-0.39, 0.29) is 27.6 Å². The molecule has 0 bridgehead atoms. The predicted molar refractivity (Wildman–Crippen MR) is 143 cm³/mol. The zero-order chi connectivity index (χ0) is 26.4. The van der Waals surface area contributed by atoms with Gasteiger partial charge in [-0.2, -0.15) is 5.26 Å². The van der Waals surface area contributed by atoms with E-state index < -0.39 is 26.4 Å². The minimum atomic E-state index is -3.73. The number of carbonyl (C=O) groups is 2. The number of benzene rings is 2. The summed E-state index contributed by atoms with van der Waals surface area (Å²) in [5.41, 5.74) is 2.04. The number of allylic oxidation sites excluding steroid dienone is 2. The Bertz CT molecular complexity index is 1510. The van der Waals surface area contributed by atoms with Crippen LogP contribution in [0.25, 0.3) is 0 Å². The molecule has 0 saturated heterocycles. The number of imide groups is 1. The highest BCUT2D eigenvalue weighted by Crippen LogP contribution is 2.42. The largest absolute Gasteiger partial charge is 0.494 e. The maximum Gasteiger partial charge on any atom is 0.267 e. The zero-order valence-electron chi connectivity index (χ0n) is 19.8. The van der Waals surface area contributed by atoms with Crippen LogP contribution in [0.15, 0.2) is 35.2 Å². The van der Waals surface area contributed by atoms with Gasteiger partial charge in [-0.25, -0.2) is 13.3 Å². The smallest absolute Gasteiger partial charge is 0.267 e. The first-order valence-corrected chi connectivity index (χ1v) is 13.6. The first kappa shape index (κ1) is 25.7. The van der Waals surface area contributed by atoms with Gasteiger partial charge in [0, 0.05) is 5.56 Å². The SMILES string of the molecule is COc1c(NC(=S)NS(=O)(=O)C2CC=C(C)S2)cc(C)c(N2C(=O)c3cccc(C#N)c3C2=O)c1C. The Balaban J connectivity index is 1.65. The number of hydrogen-bond donors (Lipinski definition) is 2. The molecule has 1 atom stereocenters. The van der Waals surface area contributed by atoms with Gasteiger partial charge >= 0.3 is 0 Å². The van der Waals surface area contributed by atoms with Crippen LogP contribution in [0.3, 0.4) is 0 Å².